The van der Waals surface area contributed by atoms with Gasteiger partial charge in [-0.2, -0.15) is 0 Å². The van der Waals surface area contributed by atoms with Crippen LogP contribution in [-0.2, 0) is 5.75 Å². The molecule has 7 heteroatoms. The fourth-order valence-electron chi connectivity index (χ4n) is 2.57. The van der Waals surface area contributed by atoms with Gasteiger partial charge in [0.15, 0.2) is 4.34 Å². The molecule has 0 saturated heterocycles. The Balaban J connectivity index is 1.43. The third kappa shape index (κ3) is 3.67. The van der Waals surface area contributed by atoms with Crippen molar-refractivity contribution >= 4 is 39.6 Å². The molecule has 4 aromatic rings. The van der Waals surface area contributed by atoms with Gasteiger partial charge in [-0.3, -0.25) is 0 Å². The van der Waals surface area contributed by atoms with Crippen LogP contribution in [0.3, 0.4) is 0 Å². The van der Waals surface area contributed by atoms with Crippen LogP contribution in [0.1, 0.15) is 16.8 Å². The summed E-state index contributed by atoms with van der Waals surface area (Å²) in [6.45, 7) is 4.15. The van der Waals surface area contributed by atoms with E-state index in [4.69, 9.17) is 4.98 Å². The highest BCUT2D eigenvalue weighted by Gasteiger charge is 2.08. The molecule has 0 bridgehead atoms. The second-order valence-corrected chi connectivity index (χ2v) is 8.01. The van der Waals surface area contributed by atoms with E-state index < -0.39 is 0 Å². The molecule has 4 rings (SSSR count). The van der Waals surface area contributed by atoms with Crippen LogP contribution in [0, 0.1) is 13.8 Å². The van der Waals surface area contributed by atoms with Gasteiger partial charge in [-0.05, 0) is 43.2 Å². The lowest BCUT2D eigenvalue weighted by molar-refractivity contribution is 1.01. The van der Waals surface area contributed by atoms with Crippen molar-refractivity contribution in [2.75, 3.05) is 5.32 Å². The van der Waals surface area contributed by atoms with Gasteiger partial charge in [-0.1, -0.05) is 41.3 Å². The second kappa shape index (κ2) is 6.85. The van der Waals surface area contributed by atoms with Crippen LogP contribution in [-0.4, -0.2) is 19.6 Å². The van der Waals surface area contributed by atoms with Crippen molar-refractivity contribution in [3.8, 4) is 0 Å². The van der Waals surface area contributed by atoms with E-state index in [9.17, 15) is 0 Å². The summed E-state index contributed by atoms with van der Waals surface area (Å²) in [6, 6.07) is 12.3. The first-order valence-corrected chi connectivity index (χ1v) is 9.71. The van der Waals surface area contributed by atoms with Crippen molar-refractivity contribution in [1.82, 2.24) is 19.6 Å². The number of anilines is 2. The van der Waals surface area contributed by atoms with E-state index >= 15 is 0 Å². The number of hydrogen-bond acceptors (Lipinski definition) is 6. The predicted octanol–water partition coefficient (Wildman–Crippen LogP) is 4.84. The zero-order chi connectivity index (χ0) is 17.2. The molecule has 0 spiro atoms. The van der Waals surface area contributed by atoms with Gasteiger partial charge in [-0.25, -0.2) is 4.98 Å². The van der Waals surface area contributed by atoms with Crippen molar-refractivity contribution in [3.05, 3.63) is 65.6 Å². The molecule has 0 aliphatic heterocycles. The maximum absolute atomic E-state index is 4.69. The number of aryl methyl sites for hydroxylation is 2. The summed E-state index contributed by atoms with van der Waals surface area (Å²) in [5.74, 6) is 0.778. The molecule has 5 nitrogen and oxygen atoms in total. The minimum Gasteiger partial charge on any atom is -0.330 e. The molecule has 126 valence electrons. The van der Waals surface area contributed by atoms with Crippen LogP contribution in [0.2, 0.25) is 0 Å². The summed E-state index contributed by atoms with van der Waals surface area (Å²) < 4.78 is 3.00. The number of nitrogens with one attached hydrogen (secondary N) is 1. The Morgan fingerprint density at radius 2 is 2.08 bits per heavy atom. The van der Waals surface area contributed by atoms with Gasteiger partial charge in [-0.15, -0.1) is 10.2 Å². The first kappa shape index (κ1) is 16.1. The van der Waals surface area contributed by atoms with Crippen LogP contribution in [0.4, 0.5) is 10.8 Å². The molecule has 3 heterocycles. The number of thioether (sulfide) groups is 1. The number of nitrogens with zero attached hydrogens (tertiary/aromatic N) is 4. The monoisotopic (exact) mass is 367 g/mol. The van der Waals surface area contributed by atoms with Crippen molar-refractivity contribution in [2.24, 2.45) is 0 Å². The normalized spacial score (nSPS) is 11.1. The van der Waals surface area contributed by atoms with Gasteiger partial charge in [0.1, 0.15) is 5.65 Å². The van der Waals surface area contributed by atoms with Gasteiger partial charge in [0.25, 0.3) is 0 Å². The Bertz CT molecular complexity index is 1020. The number of pyridine rings is 1. The molecule has 0 aliphatic rings. The molecule has 0 radical (unpaired) electrons. The molecule has 0 saturated carbocycles. The largest absolute Gasteiger partial charge is 0.330 e. The molecule has 0 unspecified atom stereocenters. The average Bonchev–Trinajstić information content (AvgIpc) is 3.20. The smallest absolute Gasteiger partial charge is 0.210 e. The Morgan fingerprint density at radius 3 is 2.92 bits per heavy atom. The van der Waals surface area contributed by atoms with E-state index in [2.05, 4.69) is 58.2 Å². The summed E-state index contributed by atoms with van der Waals surface area (Å²) in [4.78, 5) is 4.69. The zero-order valence-corrected chi connectivity index (χ0v) is 15.6. The van der Waals surface area contributed by atoms with Crippen molar-refractivity contribution in [2.45, 2.75) is 23.9 Å². The van der Waals surface area contributed by atoms with Gasteiger partial charge < -0.3 is 9.72 Å². The topological polar surface area (TPSA) is 55.1 Å². The SMILES string of the molecule is Cc1cccc(Nc2nnc(SCc3cn4cccc(C)c4n3)s2)c1. The highest BCUT2D eigenvalue weighted by Crippen LogP contribution is 2.30. The Kier molecular flexibility index (Phi) is 4.42. The lowest BCUT2D eigenvalue weighted by atomic mass is 10.2. The van der Waals surface area contributed by atoms with Gasteiger partial charge >= 0.3 is 0 Å². The minimum absolute atomic E-state index is 0.778. The number of benzene rings is 1. The van der Waals surface area contributed by atoms with Crippen molar-refractivity contribution < 1.29 is 0 Å². The maximum atomic E-state index is 4.69. The number of rotatable bonds is 5. The summed E-state index contributed by atoms with van der Waals surface area (Å²) in [5, 5.41) is 12.6. The molecule has 0 amide bonds. The fraction of sp³-hybridized carbons (Fsp3) is 0.167. The Morgan fingerprint density at radius 1 is 1.16 bits per heavy atom. The van der Waals surface area contributed by atoms with Crippen LogP contribution in [0.5, 0.6) is 0 Å². The summed E-state index contributed by atoms with van der Waals surface area (Å²) in [6.07, 6.45) is 4.10. The van der Waals surface area contributed by atoms with Gasteiger partial charge in [0.2, 0.25) is 5.13 Å². The number of imidazole rings is 1. The standard InChI is InChI=1S/C18H17N5S2/c1-12-5-3-7-14(9-12)20-17-21-22-18(25-17)24-11-15-10-23-8-4-6-13(2)16(23)19-15/h3-10H,11H2,1-2H3,(H,20,21). The molecule has 1 aromatic carbocycles. The first-order valence-electron chi connectivity index (χ1n) is 7.90. The predicted molar refractivity (Wildman–Crippen MR) is 104 cm³/mol. The lowest BCUT2D eigenvalue weighted by Gasteiger charge is -2.01. The van der Waals surface area contributed by atoms with Crippen LogP contribution in [0.15, 0.2) is 53.1 Å². The van der Waals surface area contributed by atoms with Crippen LogP contribution in [0.25, 0.3) is 5.65 Å². The van der Waals surface area contributed by atoms with Crippen LogP contribution >= 0.6 is 23.1 Å². The van der Waals surface area contributed by atoms with E-state index in [0.29, 0.717) is 0 Å². The van der Waals surface area contributed by atoms with E-state index in [1.165, 1.54) is 11.1 Å². The third-order valence-corrected chi connectivity index (χ3v) is 5.75. The summed E-state index contributed by atoms with van der Waals surface area (Å²) in [5.41, 5.74) is 5.48. The van der Waals surface area contributed by atoms with Gasteiger partial charge in [0.05, 0.1) is 5.69 Å². The second-order valence-electron chi connectivity index (χ2n) is 5.81. The van der Waals surface area contributed by atoms with Crippen molar-refractivity contribution in [3.63, 3.8) is 0 Å². The van der Waals surface area contributed by atoms with E-state index in [1.807, 2.05) is 24.4 Å². The highest BCUT2D eigenvalue weighted by atomic mass is 32.2. The number of hydrogen-bond donors (Lipinski definition) is 1. The fourth-order valence-corrected chi connectivity index (χ4v) is 4.23. The Hall–Kier alpha value is -2.38. The molecular weight excluding hydrogens is 350 g/mol. The molecular formula is C18H17N5S2. The molecule has 1 N–H and O–H groups in total. The summed E-state index contributed by atoms with van der Waals surface area (Å²) >= 11 is 3.22. The minimum atomic E-state index is 0.778. The van der Waals surface area contributed by atoms with E-state index in [-0.39, 0.29) is 0 Å². The number of fused-ring (bicyclic) bond motifs is 1. The van der Waals surface area contributed by atoms with Crippen LogP contribution < -0.4 is 5.32 Å². The highest BCUT2D eigenvalue weighted by molar-refractivity contribution is 8.00. The van der Waals surface area contributed by atoms with E-state index in [0.717, 1.165) is 32.3 Å². The Labute approximate surface area is 154 Å². The molecule has 0 aliphatic carbocycles. The maximum Gasteiger partial charge on any atom is 0.210 e. The lowest BCUT2D eigenvalue weighted by Crippen LogP contribution is -1.89. The van der Waals surface area contributed by atoms with Gasteiger partial charge in [0, 0.05) is 23.8 Å². The van der Waals surface area contributed by atoms with Crippen molar-refractivity contribution in [1.29, 1.82) is 0 Å². The number of aromatic nitrogens is 4. The molecule has 0 atom stereocenters. The molecule has 0 fully saturated rings. The molecule has 3 aromatic heterocycles. The first-order chi connectivity index (χ1) is 12.2. The molecule has 25 heavy (non-hydrogen) atoms. The van der Waals surface area contributed by atoms with E-state index in [1.54, 1.807) is 23.1 Å². The average molecular weight is 368 g/mol. The summed E-state index contributed by atoms with van der Waals surface area (Å²) in [7, 11) is 0. The third-order valence-electron chi connectivity index (χ3n) is 3.75. The zero-order valence-electron chi connectivity index (χ0n) is 13.9. The quantitative estimate of drug-likeness (QED) is 0.512.